The summed E-state index contributed by atoms with van der Waals surface area (Å²) in [5.41, 5.74) is -0.335. The van der Waals surface area contributed by atoms with E-state index in [1.54, 1.807) is 39.3 Å². The third-order valence-corrected chi connectivity index (χ3v) is 7.17. The van der Waals surface area contributed by atoms with Crippen molar-refractivity contribution in [3.63, 3.8) is 0 Å². The van der Waals surface area contributed by atoms with E-state index in [4.69, 9.17) is 4.74 Å². The van der Waals surface area contributed by atoms with Crippen molar-refractivity contribution in [3.8, 4) is 0 Å². The van der Waals surface area contributed by atoms with Gasteiger partial charge in [0.15, 0.2) is 5.84 Å². The molecular weight excluding hydrogens is 472 g/mol. The van der Waals surface area contributed by atoms with Crippen molar-refractivity contribution in [1.29, 1.82) is 0 Å². The van der Waals surface area contributed by atoms with Crippen LogP contribution in [0.25, 0.3) is 0 Å². The summed E-state index contributed by atoms with van der Waals surface area (Å²) in [5.74, 6) is -2.03. The Morgan fingerprint density at radius 1 is 1.36 bits per heavy atom. The number of carbonyl (C=O) groups excluding carboxylic acids is 1. The summed E-state index contributed by atoms with van der Waals surface area (Å²) in [6, 6.07) is 2.50. The number of anilines is 1. The average Bonchev–Trinajstić information content (AvgIpc) is 2.84. The quantitative estimate of drug-likeness (QED) is 0.390. The number of ether oxygens (including phenoxy) is 1. The van der Waals surface area contributed by atoms with E-state index in [0.717, 1.165) is 12.8 Å². The third-order valence-electron chi connectivity index (χ3n) is 7.17. The van der Waals surface area contributed by atoms with E-state index in [2.05, 4.69) is 32.8 Å². The number of nitrogens with one attached hydrogen (secondary N) is 3. The molecule has 1 aromatic heterocycles. The molecule has 3 aliphatic rings. The van der Waals surface area contributed by atoms with Gasteiger partial charge in [-0.2, -0.15) is 10.1 Å². The minimum atomic E-state index is -2.74. The molecule has 0 unspecified atom stereocenters. The van der Waals surface area contributed by atoms with Crippen LogP contribution in [0.4, 0.5) is 14.5 Å². The van der Waals surface area contributed by atoms with E-state index in [-0.39, 0.29) is 30.5 Å². The number of aromatic nitrogens is 1. The fourth-order valence-electron chi connectivity index (χ4n) is 4.55. The molecule has 1 aliphatic heterocycles. The van der Waals surface area contributed by atoms with Crippen molar-refractivity contribution < 1.29 is 18.3 Å². The standard InChI is InChI=1S/C24H31F2N7O3/c1-14(21(34)30-17-8-9-23(17,2)36-5)20-31-18(11-19(27-3)33(20)28-4)29-16-7-6-10-32(22(16)35)15-12-24(25,26)13-15/h6-7,10-11,15,17,29,31H,4,8-9,12-13H2,1-3,5H3,(H,30,34)/b20-14+,27-19?/t17-,23-/m1/s1. The molecule has 0 spiro atoms. The van der Waals surface area contributed by atoms with Crippen molar-refractivity contribution in [2.75, 3.05) is 19.5 Å². The molecule has 2 heterocycles. The molecule has 194 valence electrons. The Hall–Kier alpha value is -3.54. The average molecular weight is 504 g/mol. The zero-order valence-corrected chi connectivity index (χ0v) is 20.8. The van der Waals surface area contributed by atoms with Crippen LogP contribution in [-0.2, 0) is 9.53 Å². The third kappa shape index (κ3) is 4.64. The first-order valence-electron chi connectivity index (χ1n) is 11.7. The Morgan fingerprint density at radius 2 is 2.08 bits per heavy atom. The molecule has 0 bridgehead atoms. The number of aliphatic imine (C=N–C) groups is 1. The second-order valence-corrected chi connectivity index (χ2v) is 9.45. The Bertz CT molecular complexity index is 1210. The lowest BCUT2D eigenvalue weighted by Crippen LogP contribution is -2.59. The number of amidine groups is 1. The van der Waals surface area contributed by atoms with Gasteiger partial charge in [0.1, 0.15) is 17.3 Å². The van der Waals surface area contributed by atoms with Crippen molar-refractivity contribution in [1.82, 2.24) is 20.2 Å². The lowest BCUT2D eigenvalue weighted by atomic mass is 9.76. The molecule has 0 aromatic carbocycles. The Kier molecular flexibility index (Phi) is 6.74. The maximum atomic E-state index is 13.4. The summed E-state index contributed by atoms with van der Waals surface area (Å²) < 4.78 is 33.6. The number of hydrogen-bond acceptors (Lipinski definition) is 7. The molecule has 36 heavy (non-hydrogen) atoms. The number of methoxy groups -OCH3 is 1. The van der Waals surface area contributed by atoms with Gasteiger partial charge in [-0.05, 0) is 38.8 Å². The van der Waals surface area contributed by atoms with Gasteiger partial charge in [0.25, 0.3) is 17.4 Å². The zero-order valence-electron chi connectivity index (χ0n) is 20.8. The summed E-state index contributed by atoms with van der Waals surface area (Å²) in [4.78, 5) is 30.3. The number of carbonyl (C=O) groups is 1. The maximum absolute atomic E-state index is 13.4. The largest absolute Gasteiger partial charge is 0.376 e. The lowest BCUT2D eigenvalue weighted by Gasteiger charge is -2.46. The first kappa shape index (κ1) is 25.5. The molecule has 1 amide bonds. The molecule has 4 rings (SSSR count). The number of alkyl halides is 2. The summed E-state index contributed by atoms with van der Waals surface area (Å²) in [6.07, 6.45) is 4.02. The van der Waals surface area contributed by atoms with Gasteiger partial charge in [-0.25, -0.2) is 8.78 Å². The molecule has 10 nitrogen and oxygen atoms in total. The van der Waals surface area contributed by atoms with Crippen molar-refractivity contribution in [3.05, 3.63) is 52.0 Å². The summed E-state index contributed by atoms with van der Waals surface area (Å²) in [5, 5.41) is 14.5. The van der Waals surface area contributed by atoms with E-state index in [1.807, 2.05) is 6.92 Å². The van der Waals surface area contributed by atoms with Gasteiger partial charge in [0.2, 0.25) is 0 Å². The number of rotatable bonds is 7. The van der Waals surface area contributed by atoms with Gasteiger partial charge in [-0.1, -0.05) is 0 Å². The normalized spacial score (nSPS) is 27.8. The van der Waals surface area contributed by atoms with Crippen LogP contribution in [0.15, 0.2) is 56.5 Å². The highest BCUT2D eigenvalue weighted by molar-refractivity contribution is 5.99. The number of pyridine rings is 1. The number of halogens is 2. The van der Waals surface area contributed by atoms with E-state index in [1.165, 1.54) is 15.8 Å². The van der Waals surface area contributed by atoms with Gasteiger partial charge < -0.3 is 25.3 Å². The predicted molar refractivity (Wildman–Crippen MR) is 133 cm³/mol. The predicted octanol–water partition coefficient (Wildman–Crippen LogP) is 2.54. The first-order chi connectivity index (χ1) is 17.0. The highest BCUT2D eigenvalue weighted by Gasteiger charge is 2.47. The topological polar surface area (TPSA) is 112 Å². The van der Waals surface area contributed by atoms with Crippen LogP contribution < -0.4 is 21.5 Å². The molecule has 2 atom stereocenters. The number of amides is 1. The van der Waals surface area contributed by atoms with Gasteiger partial charge in [-0.3, -0.25) is 14.6 Å². The van der Waals surface area contributed by atoms with Crippen LogP contribution in [0.5, 0.6) is 0 Å². The molecule has 2 fully saturated rings. The molecule has 1 aromatic rings. The van der Waals surface area contributed by atoms with Crippen LogP contribution >= 0.6 is 0 Å². The summed E-state index contributed by atoms with van der Waals surface area (Å²) >= 11 is 0. The van der Waals surface area contributed by atoms with Crippen molar-refractivity contribution >= 4 is 24.1 Å². The van der Waals surface area contributed by atoms with Crippen LogP contribution in [0.3, 0.4) is 0 Å². The first-order valence-corrected chi connectivity index (χ1v) is 11.7. The van der Waals surface area contributed by atoms with E-state index < -0.39 is 23.1 Å². The maximum Gasteiger partial charge on any atom is 0.274 e. The molecule has 0 saturated heterocycles. The van der Waals surface area contributed by atoms with Crippen molar-refractivity contribution in [2.24, 2.45) is 10.1 Å². The Balaban J connectivity index is 1.59. The van der Waals surface area contributed by atoms with Gasteiger partial charge in [-0.15, -0.1) is 0 Å². The van der Waals surface area contributed by atoms with Crippen molar-refractivity contribution in [2.45, 2.75) is 63.1 Å². The van der Waals surface area contributed by atoms with Crippen LogP contribution in [0, 0.1) is 0 Å². The van der Waals surface area contributed by atoms with Crippen LogP contribution in [0.1, 0.15) is 45.6 Å². The second kappa shape index (κ2) is 9.49. The number of hydrogen-bond donors (Lipinski definition) is 3. The van der Waals surface area contributed by atoms with Crippen LogP contribution in [-0.4, -0.2) is 59.8 Å². The lowest BCUT2D eigenvalue weighted by molar-refractivity contribution is -0.127. The molecule has 0 radical (unpaired) electrons. The van der Waals surface area contributed by atoms with E-state index in [0.29, 0.717) is 23.1 Å². The fraction of sp³-hybridized carbons (Fsp3) is 0.500. The molecule has 3 N–H and O–H groups in total. The Morgan fingerprint density at radius 3 is 2.64 bits per heavy atom. The number of nitrogens with zero attached hydrogens (tertiary/aromatic N) is 4. The molecule has 2 saturated carbocycles. The smallest absolute Gasteiger partial charge is 0.274 e. The SMILES string of the molecule is C=NN1C(=NC)C=C(Nc2cccn(C3CC(F)(F)C3)c2=O)N/C1=C(/C)C(=O)N[C@@H]1CC[C@@]1(C)OC. The fourth-order valence-corrected chi connectivity index (χ4v) is 4.55. The van der Waals surface area contributed by atoms with Crippen LogP contribution in [0.2, 0.25) is 0 Å². The molecule has 12 heteroatoms. The van der Waals surface area contributed by atoms with E-state index >= 15 is 0 Å². The summed E-state index contributed by atoms with van der Waals surface area (Å²) in [6.45, 7) is 7.17. The van der Waals surface area contributed by atoms with Gasteiger partial charge >= 0.3 is 0 Å². The van der Waals surface area contributed by atoms with Gasteiger partial charge in [0.05, 0.1) is 17.2 Å². The highest BCUT2D eigenvalue weighted by Crippen LogP contribution is 2.44. The zero-order chi connectivity index (χ0) is 26.3. The highest BCUT2D eigenvalue weighted by atomic mass is 19.3. The Labute approximate surface area is 207 Å². The molecule has 2 aliphatic carbocycles. The minimum absolute atomic E-state index is 0.131. The monoisotopic (exact) mass is 503 g/mol. The molecular formula is C24H31F2N7O3. The summed E-state index contributed by atoms with van der Waals surface area (Å²) in [7, 11) is 3.18. The second-order valence-electron chi connectivity index (χ2n) is 9.45. The van der Waals surface area contributed by atoms with E-state index in [9.17, 15) is 18.4 Å². The van der Waals surface area contributed by atoms with Gasteiger partial charge in [0, 0.05) is 52.0 Å². The minimum Gasteiger partial charge on any atom is -0.376 e. The number of hydrazone groups is 1.